The van der Waals surface area contributed by atoms with Crippen LogP contribution in [0.5, 0.6) is 0 Å². The second-order valence-electron chi connectivity index (χ2n) is 5.09. The van der Waals surface area contributed by atoms with Gasteiger partial charge in [0.1, 0.15) is 11.9 Å². The molecule has 1 heterocycles. The van der Waals surface area contributed by atoms with Crippen molar-refractivity contribution in [3.8, 4) is 0 Å². The van der Waals surface area contributed by atoms with Crippen LogP contribution in [-0.2, 0) is 22.6 Å². The van der Waals surface area contributed by atoms with Crippen LogP contribution in [0.3, 0.4) is 0 Å². The van der Waals surface area contributed by atoms with E-state index < -0.39 is 0 Å². The summed E-state index contributed by atoms with van der Waals surface area (Å²) < 4.78 is 18.9. The Bertz CT molecular complexity index is 496. The molecule has 2 rings (SSSR count). The zero-order valence-electron chi connectivity index (χ0n) is 12.3. The van der Waals surface area contributed by atoms with Gasteiger partial charge in [-0.1, -0.05) is 12.1 Å². The molecule has 0 bridgehead atoms. The molecule has 0 aliphatic carbocycles. The van der Waals surface area contributed by atoms with Gasteiger partial charge in [-0.2, -0.15) is 0 Å². The first-order valence-corrected chi connectivity index (χ1v) is 7.22. The quantitative estimate of drug-likeness (QED) is 0.836. The summed E-state index contributed by atoms with van der Waals surface area (Å²) in [5, 5.41) is 2.82. The Labute approximate surface area is 124 Å². The average Bonchev–Trinajstić information content (AvgIpc) is 2.50. The van der Waals surface area contributed by atoms with E-state index in [-0.39, 0.29) is 24.3 Å². The number of nitrogens with zero attached hydrogens (tertiary/aromatic N) is 1. The van der Waals surface area contributed by atoms with Crippen LogP contribution in [0.2, 0.25) is 0 Å². The van der Waals surface area contributed by atoms with E-state index >= 15 is 0 Å². The summed E-state index contributed by atoms with van der Waals surface area (Å²) in [7, 11) is 0. The number of morpholine rings is 1. The third-order valence-electron chi connectivity index (χ3n) is 3.61. The third kappa shape index (κ3) is 4.00. The van der Waals surface area contributed by atoms with Crippen molar-refractivity contribution in [2.45, 2.75) is 26.1 Å². The van der Waals surface area contributed by atoms with E-state index in [0.717, 1.165) is 5.56 Å². The Morgan fingerprint density at radius 3 is 3.10 bits per heavy atom. The highest BCUT2D eigenvalue weighted by atomic mass is 19.1. The number of benzene rings is 1. The van der Waals surface area contributed by atoms with Crippen LogP contribution >= 0.6 is 0 Å². The van der Waals surface area contributed by atoms with E-state index in [0.29, 0.717) is 38.4 Å². The van der Waals surface area contributed by atoms with Crippen molar-refractivity contribution in [2.24, 2.45) is 5.73 Å². The van der Waals surface area contributed by atoms with E-state index in [1.807, 2.05) is 6.92 Å². The maximum atomic E-state index is 13.5. The first-order chi connectivity index (χ1) is 10.2. The Morgan fingerprint density at radius 1 is 1.57 bits per heavy atom. The second kappa shape index (κ2) is 7.49. The van der Waals surface area contributed by atoms with Gasteiger partial charge >= 0.3 is 0 Å². The van der Waals surface area contributed by atoms with Crippen molar-refractivity contribution >= 4 is 5.91 Å². The molecule has 1 fully saturated rings. The van der Waals surface area contributed by atoms with Gasteiger partial charge < -0.3 is 15.8 Å². The van der Waals surface area contributed by atoms with E-state index in [1.54, 1.807) is 12.1 Å². The lowest BCUT2D eigenvalue weighted by Gasteiger charge is -2.34. The van der Waals surface area contributed by atoms with Crippen LogP contribution in [0.1, 0.15) is 18.1 Å². The summed E-state index contributed by atoms with van der Waals surface area (Å²) in [4.78, 5) is 14.1. The minimum atomic E-state index is -0.301. The number of carbonyl (C=O) groups is 1. The molecule has 1 aliphatic heterocycles. The van der Waals surface area contributed by atoms with E-state index in [9.17, 15) is 9.18 Å². The smallest absolute Gasteiger partial charge is 0.239 e. The van der Waals surface area contributed by atoms with Crippen molar-refractivity contribution < 1.29 is 13.9 Å². The molecule has 1 aromatic carbocycles. The number of halogens is 1. The predicted molar refractivity (Wildman–Crippen MR) is 78.0 cm³/mol. The van der Waals surface area contributed by atoms with Crippen LogP contribution in [0, 0.1) is 5.82 Å². The fraction of sp³-hybridized carbons (Fsp3) is 0.533. The molecule has 1 amide bonds. The highest BCUT2D eigenvalue weighted by Gasteiger charge is 2.29. The Morgan fingerprint density at radius 2 is 2.38 bits per heavy atom. The fourth-order valence-electron chi connectivity index (χ4n) is 2.48. The van der Waals surface area contributed by atoms with Gasteiger partial charge in [0.05, 0.1) is 13.2 Å². The number of likely N-dealkylation sites (N-methyl/N-ethyl adjacent to an activating group) is 1. The van der Waals surface area contributed by atoms with Crippen molar-refractivity contribution in [2.75, 3.05) is 26.3 Å². The monoisotopic (exact) mass is 295 g/mol. The molecular formula is C15H22FN3O2. The SMILES string of the molecule is CCNC(=O)C1COCCN1Cc1ccc(F)c(CN)c1. The van der Waals surface area contributed by atoms with Crippen molar-refractivity contribution in [3.63, 3.8) is 0 Å². The van der Waals surface area contributed by atoms with E-state index in [4.69, 9.17) is 10.5 Å². The molecule has 0 saturated carbocycles. The molecule has 21 heavy (non-hydrogen) atoms. The van der Waals surface area contributed by atoms with Gasteiger partial charge in [-0.05, 0) is 18.6 Å². The highest BCUT2D eigenvalue weighted by Crippen LogP contribution is 2.16. The lowest BCUT2D eigenvalue weighted by atomic mass is 10.1. The first kappa shape index (κ1) is 15.9. The summed E-state index contributed by atoms with van der Waals surface area (Å²) in [6.07, 6.45) is 0. The van der Waals surface area contributed by atoms with Gasteiger partial charge in [-0.25, -0.2) is 4.39 Å². The molecule has 1 saturated heterocycles. The molecule has 3 N–H and O–H groups in total. The fourth-order valence-corrected chi connectivity index (χ4v) is 2.48. The summed E-state index contributed by atoms with van der Waals surface area (Å²) in [6, 6.07) is 4.63. The maximum absolute atomic E-state index is 13.5. The lowest BCUT2D eigenvalue weighted by Crippen LogP contribution is -2.53. The number of nitrogens with one attached hydrogen (secondary N) is 1. The number of hydrogen-bond acceptors (Lipinski definition) is 4. The topological polar surface area (TPSA) is 67.6 Å². The molecule has 1 aromatic rings. The molecule has 0 spiro atoms. The zero-order chi connectivity index (χ0) is 15.2. The van der Waals surface area contributed by atoms with Gasteiger partial charge in [-0.15, -0.1) is 0 Å². The molecular weight excluding hydrogens is 273 g/mol. The Balaban J connectivity index is 2.10. The number of carbonyl (C=O) groups excluding carboxylic acids is 1. The summed E-state index contributed by atoms with van der Waals surface area (Å²) in [6.45, 7) is 4.90. The van der Waals surface area contributed by atoms with Crippen LogP contribution in [0.25, 0.3) is 0 Å². The predicted octanol–water partition coefficient (Wildman–Crippen LogP) is 0.621. The van der Waals surface area contributed by atoms with Crippen molar-refractivity contribution in [3.05, 3.63) is 35.1 Å². The van der Waals surface area contributed by atoms with Gasteiger partial charge in [0.15, 0.2) is 0 Å². The zero-order valence-corrected chi connectivity index (χ0v) is 12.3. The van der Waals surface area contributed by atoms with Gasteiger partial charge in [-0.3, -0.25) is 9.69 Å². The molecule has 5 nitrogen and oxygen atoms in total. The molecule has 1 atom stereocenters. The number of hydrogen-bond donors (Lipinski definition) is 2. The van der Waals surface area contributed by atoms with Gasteiger partial charge in [0.25, 0.3) is 0 Å². The van der Waals surface area contributed by atoms with E-state index in [1.165, 1.54) is 6.07 Å². The minimum Gasteiger partial charge on any atom is -0.378 e. The summed E-state index contributed by atoms with van der Waals surface area (Å²) >= 11 is 0. The van der Waals surface area contributed by atoms with Crippen LogP contribution in [0.15, 0.2) is 18.2 Å². The largest absolute Gasteiger partial charge is 0.378 e. The standard InChI is InChI=1S/C15H22FN3O2/c1-2-18-15(20)14-10-21-6-5-19(14)9-11-3-4-13(16)12(7-11)8-17/h3-4,7,14H,2,5-6,8-10,17H2,1H3,(H,18,20). The Hall–Kier alpha value is -1.50. The second-order valence-corrected chi connectivity index (χ2v) is 5.09. The number of rotatable bonds is 5. The van der Waals surface area contributed by atoms with Crippen LogP contribution in [0.4, 0.5) is 4.39 Å². The van der Waals surface area contributed by atoms with Crippen molar-refractivity contribution in [1.82, 2.24) is 10.2 Å². The van der Waals surface area contributed by atoms with Crippen LogP contribution in [-0.4, -0.2) is 43.2 Å². The Kier molecular flexibility index (Phi) is 5.67. The normalized spacial score (nSPS) is 19.5. The lowest BCUT2D eigenvalue weighted by molar-refractivity contribution is -0.132. The molecule has 1 aliphatic rings. The van der Waals surface area contributed by atoms with Crippen LogP contribution < -0.4 is 11.1 Å². The minimum absolute atomic E-state index is 0.0293. The summed E-state index contributed by atoms with van der Waals surface area (Å²) in [5.41, 5.74) is 6.98. The van der Waals surface area contributed by atoms with Gasteiger partial charge in [0, 0.05) is 31.7 Å². The average molecular weight is 295 g/mol. The molecule has 1 unspecified atom stereocenters. The molecule has 0 aromatic heterocycles. The first-order valence-electron chi connectivity index (χ1n) is 7.22. The summed E-state index contributed by atoms with van der Waals surface area (Å²) in [5.74, 6) is -0.318. The van der Waals surface area contributed by atoms with Crippen molar-refractivity contribution in [1.29, 1.82) is 0 Å². The van der Waals surface area contributed by atoms with Gasteiger partial charge in [0.2, 0.25) is 5.91 Å². The highest BCUT2D eigenvalue weighted by molar-refractivity contribution is 5.81. The molecule has 6 heteroatoms. The number of ether oxygens (including phenoxy) is 1. The third-order valence-corrected chi connectivity index (χ3v) is 3.61. The molecule has 116 valence electrons. The number of amides is 1. The maximum Gasteiger partial charge on any atom is 0.239 e. The number of nitrogens with two attached hydrogens (primary N) is 1. The molecule has 0 radical (unpaired) electrons. The van der Waals surface area contributed by atoms with E-state index in [2.05, 4.69) is 10.2 Å².